The third-order valence-corrected chi connectivity index (χ3v) is 9.80. The van der Waals surface area contributed by atoms with Gasteiger partial charge in [0.2, 0.25) is 5.91 Å². The fraction of sp³-hybridized carbons (Fsp3) is 0.841. The van der Waals surface area contributed by atoms with Gasteiger partial charge in [0.15, 0.2) is 0 Å². The highest BCUT2D eigenvalue weighted by Crippen LogP contribution is 2.14. The Hall–Kier alpha value is -1.47. The molecule has 0 rings (SSSR count). The molecule has 0 aromatic rings. The predicted octanol–water partition coefficient (Wildman–Crippen LogP) is 11.0. The number of nitrogens with one attached hydrogen (secondary N) is 1. The monoisotopic (exact) mass is 706 g/mol. The van der Waals surface area contributed by atoms with Crippen molar-refractivity contribution in [2.24, 2.45) is 0 Å². The van der Waals surface area contributed by atoms with Crippen LogP contribution in [0.15, 0.2) is 36.5 Å². The zero-order valence-corrected chi connectivity index (χ0v) is 32.9. The van der Waals surface area contributed by atoms with Crippen molar-refractivity contribution in [1.82, 2.24) is 5.32 Å². The lowest BCUT2D eigenvalue weighted by Gasteiger charge is -2.27. The van der Waals surface area contributed by atoms with Crippen molar-refractivity contribution in [3.63, 3.8) is 0 Å². The van der Waals surface area contributed by atoms with Gasteiger partial charge in [-0.25, -0.2) is 0 Å². The fourth-order valence-corrected chi connectivity index (χ4v) is 6.35. The number of unbranched alkanes of at least 4 members (excludes halogenated alkanes) is 23. The van der Waals surface area contributed by atoms with Gasteiger partial charge in [-0.1, -0.05) is 166 Å². The largest absolute Gasteiger partial charge is 0.394 e. The zero-order chi connectivity index (χ0) is 36.8. The van der Waals surface area contributed by atoms with Crippen LogP contribution in [-0.4, -0.2) is 57.3 Å². The highest BCUT2D eigenvalue weighted by Gasteiger charge is 2.28. The lowest BCUT2D eigenvalue weighted by molar-refractivity contribution is -0.132. The Balaban J connectivity index is 3.84. The molecule has 0 aliphatic heterocycles. The molecule has 0 fully saturated rings. The molecule has 0 aliphatic rings. The molecule has 4 atom stereocenters. The van der Waals surface area contributed by atoms with Gasteiger partial charge in [-0.3, -0.25) is 4.79 Å². The van der Waals surface area contributed by atoms with Crippen LogP contribution >= 0.6 is 0 Å². The summed E-state index contributed by atoms with van der Waals surface area (Å²) in [7, 11) is 0. The number of carbonyl (C=O) groups excluding carboxylic acids is 1. The molecule has 0 saturated carbocycles. The normalized spacial score (nSPS) is 14.6. The van der Waals surface area contributed by atoms with Crippen molar-refractivity contribution < 1.29 is 25.2 Å². The number of hydrogen-bond acceptors (Lipinski definition) is 5. The minimum Gasteiger partial charge on any atom is -0.394 e. The van der Waals surface area contributed by atoms with E-state index in [1.165, 1.54) is 122 Å². The van der Waals surface area contributed by atoms with Gasteiger partial charge in [-0.15, -0.1) is 0 Å². The molecule has 6 nitrogen and oxygen atoms in total. The van der Waals surface area contributed by atoms with Crippen LogP contribution in [-0.2, 0) is 4.79 Å². The van der Waals surface area contributed by atoms with Crippen LogP contribution in [0.5, 0.6) is 0 Å². The third-order valence-electron chi connectivity index (χ3n) is 9.80. The standard InChI is InChI=1S/C44H83NO5/c1-3-5-7-9-11-13-15-17-19-21-22-24-25-27-29-31-33-35-37-41(47)43(49)40(39-46)45-44(50)42(48)38-36-34-32-30-28-26-23-20-18-16-14-12-10-8-6-4-2/h18,20,22,24,29,31,40-43,46-49H,3-17,19,21,23,25-28,30,32-39H2,1-2H3,(H,45,50)/b20-18-,24-22+,31-29+. The van der Waals surface area contributed by atoms with E-state index < -0.39 is 36.9 Å². The number of amides is 1. The van der Waals surface area contributed by atoms with Crippen LogP contribution in [0.25, 0.3) is 0 Å². The molecule has 1 amide bonds. The molecule has 0 saturated heterocycles. The summed E-state index contributed by atoms with van der Waals surface area (Å²) in [5.74, 6) is -0.604. The van der Waals surface area contributed by atoms with Gasteiger partial charge in [-0.2, -0.15) is 0 Å². The van der Waals surface area contributed by atoms with Crippen LogP contribution in [0, 0.1) is 0 Å². The molecule has 5 N–H and O–H groups in total. The van der Waals surface area contributed by atoms with E-state index in [1.807, 2.05) is 0 Å². The minimum atomic E-state index is -1.29. The first-order valence-electron chi connectivity index (χ1n) is 21.4. The summed E-state index contributed by atoms with van der Waals surface area (Å²) in [4.78, 5) is 12.5. The van der Waals surface area contributed by atoms with Crippen LogP contribution in [0.3, 0.4) is 0 Å². The first-order valence-corrected chi connectivity index (χ1v) is 21.4. The molecular weight excluding hydrogens is 622 g/mol. The van der Waals surface area contributed by atoms with Crippen LogP contribution in [0.2, 0.25) is 0 Å². The average Bonchev–Trinajstić information content (AvgIpc) is 3.12. The summed E-state index contributed by atoms with van der Waals surface area (Å²) in [6.45, 7) is 4.02. The minimum absolute atomic E-state index is 0.352. The van der Waals surface area contributed by atoms with Gasteiger partial charge in [0.1, 0.15) is 12.2 Å². The number of rotatable bonds is 38. The van der Waals surface area contributed by atoms with Gasteiger partial charge >= 0.3 is 0 Å². The lowest BCUT2D eigenvalue weighted by atomic mass is 10.00. The molecule has 0 spiro atoms. The van der Waals surface area contributed by atoms with E-state index >= 15 is 0 Å². The van der Waals surface area contributed by atoms with E-state index in [2.05, 4.69) is 55.6 Å². The first kappa shape index (κ1) is 48.5. The Kier molecular flexibility index (Phi) is 37.6. The van der Waals surface area contributed by atoms with Crippen LogP contribution in [0.1, 0.15) is 206 Å². The summed E-state index contributed by atoms with van der Waals surface area (Å²) in [5, 5.41) is 43.6. The molecule has 50 heavy (non-hydrogen) atoms. The van der Waals surface area contributed by atoms with Crippen molar-refractivity contribution >= 4 is 5.91 Å². The van der Waals surface area contributed by atoms with E-state index in [4.69, 9.17) is 0 Å². The molecule has 0 heterocycles. The van der Waals surface area contributed by atoms with Crippen LogP contribution in [0.4, 0.5) is 0 Å². The van der Waals surface area contributed by atoms with Crippen molar-refractivity contribution in [2.45, 2.75) is 231 Å². The molecule has 0 aromatic heterocycles. The highest BCUT2D eigenvalue weighted by atomic mass is 16.3. The zero-order valence-electron chi connectivity index (χ0n) is 32.9. The van der Waals surface area contributed by atoms with Gasteiger partial charge in [0.05, 0.1) is 18.8 Å². The topological polar surface area (TPSA) is 110 Å². The molecule has 0 aromatic carbocycles. The van der Waals surface area contributed by atoms with Gasteiger partial charge in [0, 0.05) is 0 Å². The second-order valence-corrected chi connectivity index (χ2v) is 14.7. The van der Waals surface area contributed by atoms with E-state index in [0.29, 0.717) is 19.3 Å². The number of aliphatic hydroxyl groups excluding tert-OH is 4. The fourth-order valence-electron chi connectivity index (χ4n) is 6.35. The second-order valence-electron chi connectivity index (χ2n) is 14.7. The molecule has 4 unspecified atom stereocenters. The quantitative estimate of drug-likeness (QED) is 0.0324. The Labute approximate surface area is 309 Å². The Morgan fingerprint density at radius 3 is 1.26 bits per heavy atom. The summed E-state index contributed by atoms with van der Waals surface area (Å²) >= 11 is 0. The average molecular weight is 706 g/mol. The van der Waals surface area contributed by atoms with E-state index in [1.54, 1.807) is 0 Å². The number of hydrogen-bond donors (Lipinski definition) is 5. The van der Waals surface area contributed by atoms with E-state index in [0.717, 1.165) is 51.4 Å². The Bertz CT molecular complexity index is 797. The molecular formula is C44H83NO5. The van der Waals surface area contributed by atoms with Crippen molar-refractivity contribution in [2.75, 3.05) is 6.61 Å². The Morgan fingerprint density at radius 2 is 0.840 bits per heavy atom. The SMILES string of the molecule is CCCCCCCC/C=C\CCCCCCCCC(O)C(=O)NC(CO)C(O)C(O)CCC/C=C/CC/C=C/CCCCCCCCCCC. The van der Waals surface area contributed by atoms with E-state index in [-0.39, 0.29) is 0 Å². The summed E-state index contributed by atoms with van der Waals surface area (Å²) < 4.78 is 0. The maximum Gasteiger partial charge on any atom is 0.249 e. The van der Waals surface area contributed by atoms with Gasteiger partial charge < -0.3 is 25.7 Å². The van der Waals surface area contributed by atoms with Crippen molar-refractivity contribution in [1.29, 1.82) is 0 Å². The smallest absolute Gasteiger partial charge is 0.249 e. The van der Waals surface area contributed by atoms with Gasteiger partial charge in [0.25, 0.3) is 0 Å². The number of aliphatic hydroxyl groups is 4. The maximum absolute atomic E-state index is 12.5. The maximum atomic E-state index is 12.5. The molecule has 6 heteroatoms. The summed E-state index contributed by atoms with van der Waals surface area (Å²) in [5.41, 5.74) is 0. The third kappa shape index (κ3) is 32.4. The van der Waals surface area contributed by atoms with Gasteiger partial charge in [-0.05, 0) is 77.0 Å². The highest BCUT2D eigenvalue weighted by molar-refractivity contribution is 5.80. The predicted molar refractivity (Wildman–Crippen MR) is 214 cm³/mol. The summed E-state index contributed by atoms with van der Waals surface area (Å²) in [6, 6.07) is -1.01. The van der Waals surface area contributed by atoms with Crippen molar-refractivity contribution in [3.05, 3.63) is 36.5 Å². The molecule has 294 valence electrons. The number of allylic oxidation sites excluding steroid dienone is 6. The first-order chi connectivity index (χ1) is 24.5. The molecule has 0 radical (unpaired) electrons. The molecule has 0 aliphatic carbocycles. The lowest BCUT2D eigenvalue weighted by Crippen LogP contribution is -2.53. The molecule has 0 bridgehead atoms. The van der Waals surface area contributed by atoms with E-state index in [9.17, 15) is 25.2 Å². The Morgan fingerprint density at radius 1 is 0.480 bits per heavy atom. The van der Waals surface area contributed by atoms with Crippen LogP contribution < -0.4 is 5.32 Å². The number of carbonyl (C=O) groups is 1. The summed E-state index contributed by atoms with van der Waals surface area (Å²) in [6.07, 6.45) is 44.5. The van der Waals surface area contributed by atoms with Crippen molar-refractivity contribution in [3.8, 4) is 0 Å². The second kappa shape index (κ2) is 38.8.